The van der Waals surface area contributed by atoms with Crippen LogP contribution >= 0.6 is 0 Å². The van der Waals surface area contributed by atoms with Gasteiger partial charge in [-0.05, 0) is 50.5 Å². The van der Waals surface area contributed by atoms with Crippen LogP contribution in [0.4, 0.5) is 5.69 Å². The average molecular weight is 300 g/mol. The Balaban J connectivity index is 3.04. The molecule has 1 unspecified atom stereocenters. The topological polar surface area (TPSA) is 67.4 Å². The Morgan fingerprint density at radius 2 is 1.80 bits per heavy atom. The SMILES string of the molecule is CNc1cc(C)c(S(=O)(=O)NC(C)CCOC)c(C)c1. The van der Waals surface area contributed by atoms with Gasteiger partial charge in [0.1, 0.15) is 0 Å². The van der Waals surface area contributed by atoms with Gasteiger partial charge in [-0.3, -0.25) is 0 Å². The fourth-order valence-corrected chi connectivity index (χ4v) is 3.93. The number of ether oxygens (including phenoxy) is 1. The molecule has 0 saturated carbocycles. The van der Waals surface area contributed by atoms with E-state index < -0.39 is 10.0 Å². The van der Waals surface area contributed by atoms with Gasteiger partial charge < -0.3 is 10.1 Å². The smallest absolute Gasteiger partial charge is 0.241 e. The lowest BCUT2D eigenvalue weighted by molar-refractivity contribution is 0.188. The van der Waals surface area contributed by atoms with Crippen molar-refractivity contribution in [3.63, 3.8) is 0 Å². The Hall–Kier alpha value is -1.11. The van der Waals surface area contributed by atoms with E-state index in [0.717, 1.165) is 16.8 Å². The number of benzene rings is 1. The van der Waals surface area contributed by atoms with Gasteiger partial charge >= 0.3 is 0 Å². The molecular weight excluding hydrogens is 276 g/mol. The number of methoxy groups -OCH3 is 1. The molecule has 1 atom stereocenters. The van der Waals surface area contributed by atoms with Gasteiger partial charge in [0.2, 0.25) is 10.0 Å². The van der Waals surface area contributed by atoms with Crippen LogP contribution in [0.5, 0.6) is 0 Å². The van der Waals surface area contributed by atoms with E-state index in [1.807, 2.05) is 40.0 Å². The zero-order valence-corrected chi connectivity index (χ0v) is 13.6. The first-order valence-corrected chi connectivity index (χ1v) is 8.10. The highest BCUT2D eigenvalue weighted by molar-refractivity contribution is 7.89. The molecule has 0 aliphatic carbocycles. The number of hydrogen-bond acceptors (Lipinski definition) is 4. The summed E-state index contributed by atoms with van der Waals surface area (Å²) in [6.07, 6.45) is 0.641. The Morgan fingerprint density at radius 3 is 2.25 bits per heavy atom. The van der Waals surface area contributed by atoms with Crippen molar-refractivity contribution in [1.82, 2.24) is 4.72 Å². The molecule has 2 N–H and O–H groups in total. The predicted molar refractivity (Wildman–Crippen MR) is 81.7 cm³/mol. The van der Waals surface area contributed by atoms with Crippen LogP contribution in [0.1, 0.15) is 24.5 Å². The molecule has 5 nitrogen and oxygen atoms in total. The number of anilines is 1. The lowest BCUT2D eigenvalue weighted by atomic mass is 10.1. The van der Waals surface area contributed by atoms with E-state index >= 15 is 0 Å². The number of nitrogens with one attached hydrogen (secondary N) is 2. The predicted octanol–water partition coefficient (Wildman–Crippen LogP) is 2.05. The van der Waals surface area contributed by atoms with E-state index in [4.69, 9.17) is 4.74 Å². The van der Waals surface area contributed by atoms with Gasteiger partial charge in [-0.2, -0.15) is 0 Å². The molecule has 0 aromatic heterocycles. The van der Waals surface area contributed by atoms with Crippen LogP contribution < -0.4 is 10.0 Å². The van der Waals surface area contributed by atoms with E-state index in [-0.39, 0.29) is 6.04 Å². The van der Waals surface area contributed by atoms with Crippen LogP contribution in [0.3, 0.4) is 0 Å². The zero-order valence-electron chi connectivity index (χ0n) is 12.8. The van der Waals surface area contributed by atoms with E-state index in [9.17, 15) is 8.42 Å². The van der Waals surface area contributed by atoms with Crippen molar-refractivity contribution in [2.75, 3.05) is 26.1 Å². The molecule has 6 heteroatoms. The standard InChI is InChI=1S/C14H24N2O3S/c1-10-8-13(15-4)9-11(2)14(10)20(17,18)16-12(3)6-7-19-5/h8-9,12,15-16H,6-7H2,1-5H3. The van der Waals surface area contributed by atoms with Crippen molar-refractivity contribution in [3.05, 3.63) is 23.3 Å². The highest BCUT2D eigenvalue weighted by Gasteiger charge is 2.22. The third kappa shape index (κ3) is 4.19. The Morgan fingerprint density at radius 1 is 1.25 bits per heavy atom. The van der Waals surface area contributed by atoms with Gasteiger partial charge in [0.25, 0.3) is 0 Å². The molecule has 0 heterocycles. The summed E-state index contributed by atoms with van der Waals surface area (Å²) < 4.78 is 32.6. The average Bonchev–Trinajstić information content (AvgIpc) is 2.34. The van der Waals surface area contributed by atoms with Gasteiger partial charge in [0.15, 0.2) is 0 Å². The van der Waals surface area contributed by atoms with Crippen molar-refractivity contribution in [3.8, 4) is 0 Å². The van der Waals surface area contributed by atoms with Gasteiger partial charge in [-0.15, -0.1) is 0 Å². The maximum absolute atomic E-state index is 12.5. The summed E-state index contributed by atoms with van der Waals surface area (Å²) in [5, 5.41) is 3.02. The largest absolute Gasteiger partial charge is 0.388 e. The molecule has 1 rings (SSSR count). The summed E-state index contributed by atoms with van der Waals surface area (Å²) in [4.78, 5) is 0.362. The molecule has 1 aromatic carbocycles. The summed E-state index contributed by atoms with van der Waals surface area (Å²) >= 11 is 0. The Bertz CT molecular complexity index is 533. The summed E-state index contributed by atoms with van der Waals surface area (Å²) in [5.74, 6) is 0. The quantitative estimate of drug-likeness (QED) is 0.809. The first-order valence-electron chi connectivity index (χ1n) is 6.62. The molecule has 0 fully saturated rings. The third-order valence-corrected chi connectivity index (χ3v) is 5.02. The van der Waals surface area contributed by atoms with E-state index in [2.05, 4.69) is 10.0 Å². The molecular formula is C14H24N2O3S. The highest BCUT2D eigenvalue weighted by atomic mass is 32.2. The van der Waals surface area contributed by atoms with Crippen LogP contribution in [-0.4, -0.2) is 35.2 Å². The van der Waals surface area contributed by atoms with Gasteiger partial charge in [-0.25, -0.2) is 13.1 Å². The number of sulfonamides is 1. The summed E-state index contributed by atoms with van der Waals surface area (Å²) in [6, 6.07) is 3.51. The molecule has 0 spiro atoms. The first kappa shape index (κ1) is 16.9. The number of aryl methyl sites for hydroxylation is 2. The lowest BCUT2D eigenvalue weighted by Gasteiger charge is -2.17. The molecule has 0 bridgehead atoms. The second-order valence-corrected chi connectivity index (χ2v) is 6.64. The maximum atomic E-state index is 12.5. The molecule has 0 amide bonds. The monoisotopic (exact) mass is 300 g/mol. The van der Waals surface area contributed by atoms with Crippen LogP contribution in [0.2, 0.25) is 0 Å². The minimum Gasteiger partial charge on any atom is -0.388 e. The highest BCUT2D eigenvalue weighted by Crippen LogP contribution is 2.24. The fraction of sp³-hybridized carbons (Fsp3) is 0.571. The van der Waals surface area contributed by atoms with Crippen LogP contribution in [-0.2, 0) is 14.8 Å². The second-order valence-electron chi connectivity index (χ2n) is 4.99. The molecule has 0 radical (unpaired) electrons. The summed E-state index contributed by atoms with van der Waals surface area (Å²) in [5.41, 5.74) is 2.38. The Labute approximate surface area is 121 Å². The zero-order chi connectivity index (χ0) is 15.3. The fourth-order valence-electron chi connectivity index (χ4n) is 2.20. The van der Waals surface area contributed by atoms with E-state index in [1.54, 1.807) is 7.11 Å². The minimum atomic E-state index is -3.51. The summed E-state index contributed by atoms with van der Waals surface area (Å²) in [6.45, 7) is 5.98. The molecule has 0 aliphatic heterocycles. The first-order chi connectivity index (χ1) is 9.31. The Kier molecular flexibility index (Phi) is 5.98. The lowest BCUT2D eigenvalue weighted by Crippen LogP contribution is -2.34. The normalized spacial score (nSPS) is 13.2. The van der Waals surface area contributed by atoms with Gasteiger partial charge in [0, 0.05) is 32.5 Å². The summed E-state index contributed by atoms with van der Waals surface area (Å²) in [7, 11) is -0.0935. The molecule has 1 aromatic rings. The van der Waals surface area contributed by atoms with Crippen molar-refractivity contribution < 1.29 is 13.2 Å². The number of hydrogen-bond donors (Lipinski definition) is 2. The minimum absolute atomic E-state index is 0.164. The van der Waals surface area contributed by atoms with Gasteiger partial charge in [-0.1, -0.05) is 0 Å². The van der Waals surface area contributed by atoms with Crippen molar-refractivity contribution >= 4 is 15.7 Å². The second kappa shape index (κ2) is 7.06. The van der Waals surface area contributed by atoms with E-state index in [1.165, 1.54) is 0 Å². The number of rotatable bonds is 7. The maximum Gasteiger partial charge on any atom is 0.241 e. The molecule has 0 aliphatic rings. The molecule has 20 heavy (non-hydrogen) atoms. The van der Waals surface area contributed by atoms with Gasteiger partial charge in [0.05, 0.1) is 4.90 Å². The van der Waals surface area contributed by atoms with Crippen LogP contribution in [0.15, 0.2) is 17.0 Å². The third-order valence-electron chi connectivity index (χ3n) is 3.13. The van der Waals surface area contributed by atoms with Crippen molar-refractivity contribution in [2.45, 2.75) is 38.1 Å². The van der Waals surface area contributed by atoms with Crippen LogP contribution in [0, 0.1) is 13.8 Å². The van der Waals surface area contributed by atoms with Crippen molar-refractivity contribution in [1.29, 1.82) is 0 Å². The van der Waals surface area contributed by atoms with E-state index in [0.29, 0.717) is 17.9 Å². The van der Waals surface area contributed by atoms with Crippen LogP contribution in [0.25, 0.3) is 0 Å². The molecule has 0 saturated heterocycles. The molecule has 114 valence electrons. The van der Waals surface area contributed by atoms with Crippen molar-refractivity contribution in [2.24, 2.45) is 0 Å².